The van der Waals surface area contributed by atoms with Crippen LogP contribution in [-0.2, 0) is 16.4 Å². The molecule has 3 rings (SSSR count). The van der Waals surface area contributed by atoms with E-state index in [2.05, 4.69) is 10.0 Å². The lowest BCUT2D eigenvalue weighted by molar-refractivity contribution is 0.0874. The smallest absolute Gasteiger partial charge is 0.229 e. The van der Waals surface area contributed by atoms with E-state index < -0.39 is 10.0 Å². The van der Waals surface area contributed by atoms with Gasteiger partial charge in [0.2, 0.25) is 10.0 Å². The van der Waals surface area contributed by atoms with E-state index >= 15 is 0 Å². The normalized spacial score (nSPS) is 23.1. The van der Waals surface area contributed by atoms with Gasteiger partial charge in [-0.15, -0.1) is 0 Å². The Morgan fingerprint density at radius 3 is 2.62 bits per heavy atom. The largest absolute Gasteiger partial charge is 0.317 e. The summed E-state index contributed by atoms with van der Waals surface area (Å²) in [6.45, 7) is 1.96. The van der Waals surface area contributed by atoms with Crippen LogP contribution in [-0.4, -0.2) is 33.5 Å². The minimum absolute atomic E-state index is 0.0654. The van der Waals surface area contributed by atoms with Crippen molar-refractivity contribution in [3.05, 3.63) is 29.3 Å². The second-order valence-corrected chi connectivity index (χ2v) is 7.76. The molecule has 0 amide bonds. The molecule has 1 aromatic carbocycles. The lowest BCUT2D eigenvalue weighted by Gasteiger charge is -2.26. The van der Waals surface area contributed by atoms with Gasteiger partial charge in [0.25, 0.3) is 0 Å². The average Bonchev–Trinajstić information content (AvgIpc) is 2.75. The maximum atomic E-state index is 12.6. The molecular weight excluding hydrogens is 288 g/mol. The van der Waals surface area contributed by atoms with Crippen molar-refractivity contribution in [3.8, 4) is 0 Å². The van der Waals surface area contributed by atoms with Crippen molar-refractivity contribution in [1.29, 1.82) is 0 Å². The van der Waals surface area contributed by atoms with Crippen molar-refractivity contribution in [3.63, 3.8) is 0 Å². The molecule has 6 heteroatoms. The Kier molecular flexibility index (Phi) is 3.75. The van der Waals surface area contributed by atoms with Crippen LogP contribution in [0.2, 0.25) is 0 Å². The van der Waals surface area contributed by atoms with E-state index in [0.29, 0.717) is 17.2 Å². The first kappa shape index (κ1) is 14.5. The molecule has 1 saturated heterocycles. The Hall–Kier alpha value is -1.40. The van der Waals surface area contributed by atoms with Gasteiger partial charge >= 0.3 is 0 Å². The van der Waals surface area contributed by atoms with Gasteiger partial charge in [0.15, 0.2) is 5.78 Å². The van der Waals surface area contributed by atoms with Crippen LogP contribution in [0, 0.1) is 11.8 Å². The number of carbonyl (C=O) groups excluding carboxylic acids is 1. The highest BCUT2D eigenvalue weighted by Gasteiger charge is 2.36. The Balaban J connectivity index is 1.82. The summed E-state index contributed by atoms with van der Waals surface area (Å²) < 4.78 is 25.0. The summed E-state index contributed by atoms with van der Waals surface area (Å²) >= 11 is 0. The molecule has 1 fully saturated rings. The zero-order valence-electron chi connectivity index (χ0n) is 12.1. The number of anilines is 1. The van der Waals surface area contributed by atoms with Crippen molar-refractivity contribution in [1.82, 2.24) is 5.32 Å². The van der Waals surface area contributed by atoms with Gasteiger partial charge in [-0.3, -0.25) is 9.52 Å². The number of fused-ring (bicyclic) bond motifs is 1. The van der Waals surface area contributed by atoms with E-state index in [1.165, 1.54) is 0 Å². The molecule has 5 nitrogen and oxygen atoms in total. The standard InChI is InChI=1S/C15H20N2O3S/c1-21(19,20)17-12-3-2-11-8-13(15(18)14(11)9-12)10-4-6-16-7-5-10/h2-3,9-10,13,16-17H,4-8H2,1H3. The second-order valence-electron chi connectivity index (χ2n) is 6.01. The Morgan fingerprint density at radius 2 is 1.95 bits per heavy atom. The predicted octanol–water partition coefficient (Wildman–Crippen LogP) is 1.41. The molecule has 1 heterocycles. The molecule has 2 N–H and O–H groups in total. The molecule has 1 aliphatic carbocycles. The maximum Gasteiger partial charge on any atom is 0.229 e. The highest BCUT2D eigenvalue weighted by molar-refractivity contribution is 7.92. The Labute approximate surface area is 125 Å². The first-order valence-corrected chi connectivity index (χ1v) is 9.19. The molecule has 2 aliphatic rings. The topological polar surface area (TPSA) is 75.3 Å². The number of nitrogens with one attached hydrogen (secondary N) is 2. The van der Waals surface area contributed by atoms with E-state index in [0.717, 1.165) is 44.2 Å². The summed E-state index contributed by atoms with van der Waals surface area (Å²) in [5.41, 5.74) is 2.20. The quantitative estimate of drug-likeness (QED) is 0.885. The third-order valence-corrected chi connectivity index (χ3v) is 5.01. The van der Waals surface area contributed by atoms with Crippen molar-refractivity contribution < 1.29 is 13.2 Å². The molecule has 0 bridgehead atoms. The minimum atomic E-state index is -3.32. The van der Waals surface area contributed by atoms with Gasteiger partial charge in [-0.05, 0) is 56.0 Å². The summed E-state index contributed by atoms with van der Waals surface area (Å²) in [5.74, 6) is 0.683. The van der Waals surface area contributed by atoms with E-state index in [-0.39, 0.29) is 11.7 Å². The van der Waals surface area contributed by atoms with Gasteiger partial charge in [0.05, 0.1) is 6.26 Å². The Bertz CT molecular complexity index is 663. The van der Waals surface area contributed by atoms with Gasteiger partial charge in [-0.25, -0.2) is 8.42 Å². The van der Waals surface area contributed by atoms with Crippen LogP contribution in [0.5, 0.6) is 0 Å². The molecule has 21 heavy (non-hydrogen) atoms. The van der Waals surface area contributed by atoms with E-state index in [4.69, 9.17) is 0 Å². The molecule has 0 aromatic heterocycles. The van der Waals surface area contributed by atoms with E-state index in [1.807, 2.05) is 6.07 Å². The van der Waals surface area contributed by atoms with Gasteiger partial charge in [-0.1, -0.05) is 6.07 Å². The van der Waals surface area contributed by atoms with Gasteiger partial charge in [-0.2, -0.15) is 0 Å². The van der Waals surface area contributed by atoms with Gasteiger partial charge in [0.1, 0.15) is 0 Å². The fourth-order valence-corrected chi connectivity index (χ4v) is 3.97. The molecule has 1 aliphatic heterocycles. The molecule has 0 saturated carbocycles. The number of ketones is 1. The van der Waals surface area contributed by atoms with Gasteiger partial charge < -0.3 is 5.32 Å². The van der Waals surface area contributed by atoms with E-state index in [1.54, 1.807) is 12.1 Å². The molecule has 0 spiro atoms. The number of carbonyl (C=O) groups is 1. The fraction of sp³-hybridized carbons (Fsp3) is 0.533. The number of piperidine rings is 1. The molecule has 1 atom stereocenters. The van der Waals surface area contributed by atoms with Crippen molar-refractivity contribution in [2.45, 2.75) is 19.3 Å². The molecule has 114 valence electrons. The molecule has 1 aromatic rings. The van der Waals surface area contributed by atoms with Crippen molar-refractivity contribution in [2.24, 2.45) is 11.8 Å². The highest BCUT2D eigenvalue weighted by Crippen LogP contribution is 2.36. The number of Topliss-reactive ketones (excluding diaryl/α,β-unsaturated/α-hetero) is 1. The SMILES string of the molecule is CS(=O)(=O)Nc1ccc2c(c1)C(=O)C(C1CCNCC1)C2. The van der Waals surface area contributed by atoms with Gasteiger partial charge in [0, 0.05) is 17.2 Å². The monoisotopic (exact) mass is 308 g/mol. The number of rotatable bonds is 3. The third-order valence-electron chi connectivity index (χ3n) is 4.41. The lowest BCUT2D eigenvalue weighted by Crippen LogP contribution is -2.33. The summed E-state index contributed by atoms with van der Waals surface area (Å²) in [6.07, 6.45) is 3.98. The Morgan fingerprint density at radius 1 is 1.24 bits per heavy atom. The summed E-state index contributed by atoms with van der Waals surface area (Å²) in [4.78, 5) is 12.6. The van der Waals surface area contributed by atoms with Crippen LogP contribution in [0.1, 0.15) is 28.8 Å². The minimum Gasteiger partial charge on any atom is -0.317 e. The first-order valence-electron chi connectivity index (χ1n) is 7.30. The molecule has 0 radical (unpaired) electrons. The third kappa shape index (κ3) is 3.11. The van der Waals surface area contributed by atoms with Crippen LogP contribution in [0.15, 0.2) is 18.2 Å². The van der Waals surface area contributed by atoms with Crippen LogP contribution in [0.25, 0.3) is 0 Å². The summed E-state index contributed by atoms with van der Waals surface area (Å²) in [6, 6.07) is 5.29. The van der Waals surface area contributed by atoms with Crippen molar-refractivity contribution >= 4 is 21.5 Å². The van der Waals surface area contributed by atoms with Crippen molar-refractivity contribution in [2.75, 3.05) is 24.1 Å². The zero-order valence-corrected chi connectivity index (χ0v) is 12.9. The zero-order chi connectivity index (χ0) is 15.0. The summed E-state index contributed by atoms with van der Waals surface area (Å²) in [7, 11) is -3.32. The van der Waals surface area contributed by atoms with E-state index in [9.17, 15) is 13.2 Å². The first-order chi connectivity index (χ1) is 9.94. The average molecular weight is 308 g/mol. The molecular formula is C15H20N2O3S. The number of sulfonamides is 1. The number of benzene rings is 1. The number of hydrogen-bond donors (Lipinski definition) is 2. The fourth-order valence-electron chi connectivity index (χ4n) is 3.42. The van der Waals surface area contributed by atoms with Crippen LogP contribution < -0.4 is 10.0 Å². The second kappa shape index (κ2) is 5.42. The predicted molar refractivity (Wildman–Crippen MR) is 82.0 cm³/mol. The van der Waals surface area contributed by atoms with Crippen LogP contribution in [0.4, 0.5) is 5.69 Å². The lowest BCUT2D eigenvalue weighted by atomic mass is 9.82. The number of hydrogen-bond acceptors (Lipinski definition) is 4. The maximum absolute atomic E-state index is 12.6. The van der Waals surface area contributed by atoms with Crippen LogP contribution in [0.3, 0.4) is 0 Å². The summed E-state index contributed by atoms with van der Waals surface area (Å²) in [5, 5.41) is 3.32. The molecule has 1 unspecified atom stereocenters. The highest BCUT2D eigenvalue weighted by atomic mass is 32.2. The van der Waals surface area contributed by atoms with Crippen LogP contribution >= 0.6 is 0 Å².